The Morgan fingerprint density at radius 2 is 2.10 bits per heavy atom. The quantitative estimate of drug-likeness (QED) is 0.678. The van der Waals surface area contributed by atoms with Gasteiger partial charge in [-0.1, -0.05) is 6.07 Å². The van der Waals surface area contributed by atoms with Crippen molar-refractivity contribution in [1.82, 2.24) is 24.5 Å². The predicted octanol–water partition coefficient (Wildman–Crippen LogP) is 2.44. The van der Waals surface area contributed by atoms with Crippen LogP contribution in [-0.2, 0) is 11.8 Å². The third-order valence-corrected chi connectivity index (χ3v) is 5.41. The molecule has 3 heterocycles. The Morgan fingerprint density at radius 3 is 2.83 bits per heavy atom. The number of benzene rings is 1. The molecule has 4 rings (SSSR count). The summed E-state index contributed by atoms with van der Waals surface area (Å²) < 4.78 is 14.6. The Hall–Kier alpha value is -3.13. The molecular weight excluding hydrogens is 370 g/mol. The molecule has 152 valence electrons. The summed E-state index contributed by atoms with van der Waals surface area (Å²) in [5, 5.41) is 8.89. The van der Waals surface area contributed by atoms with Crippen LogP contribution in [0, 0.1) is 13.8 Å². The number of aromatic nitrogens is 4. The number of amides is 1. The minimum atomic E-state index is -0.203. The van der Waals surface area contributed by atoms with Crippen molar-refractivity contribution in [3.63, 3.8) is 0 Å². The van der Waals surface area contributed by atoms with Gasteiger partial charge in [-0.2, -0.15) is 10.2 Å². The Morgan fingerprint density at radius 1 is 1.28 bits per heavy atom. The minimum absolute atomic E-state index is 0.0498. The zero-order chi connectivity index (χ0) is 20.5. The second-order valence-corrected chi connectivity index (χ2v) is 7.13. The van der Waals surface area contributed by atoms with Gasteiger partial charge in [-0.15, -0.1) is 0 Å². The van der Waals surface area contributed by atoms with Crippen molar-refractivity contribution in [2.75, 3.05) is 26.9 Å². The third kappa shape index (κ3) is 3.40. The number of methoxy groups -OCH3 is 1. The van der Waals surface area contributed by atoms with Crippen molar-refractivity contribution >= 4 is 5.91 Å². The lowest BCUT2D eigenvalue weighted by atomic mass is 10.0. The number of ether oxygens (including phenoxy) is 2. The maximum Gasteiger partial charge on any atom is 0.272 e. The maximum absolute atomic E-state index is 13.2. The van der Waals surface area contributed by atoms with Gasteiger partial charge < -0.3 is 14.4 Å². The molecule has 0 N–H and O–H groups in total. The fourth-order valence-electron chi connectivity index (χ4n) is 3.95. The van der Waals surface area contributed by atoms with Crippen LogP contribution in [0.15, 0.2) is 36.5 Å². The first-order chi connectivity index (χ1) is 14.0. The van der Waals surface area contributed by atoms with Gasteiger partial charge in [0, 0.05) is 37.1 Å². The molecule has 0 unspecified atom stereocenters. The number of rotatable bonds is 4. The van der Waals surface area contributed by atoms with Gasteiger partial charge in [-0.05, 0) is 32.0 Å². The van der Waals surface area contributed by atoms with Crippen LogP contribution in [0.2, 0.25) is 0 Å². The van der Waals surface area contributed by atoms with E-state index in [2.05, 4.69) is 5.10 Å². The van der Waals surface area contributed by atoms with Gasteiger partial charge in [0.2, 0.25) is 0 Å². The number of hydrogen-bond acceptors (Lipinski definition) is 5. The molecule has 0 aliphatic carbocycles. The SMILES string of the molecule is COc1cccc(-n2nc(C)c([C@@H]3COCCN3C(=O)c3ccnn3C)c2C)c1. The number of carbonyl (C=O) groups is 1. The topological polar surface area (TPSA) is 74.4 Å². The first-order valence-electron chi connectivity index (χ1n) is 9.58. The molecule has 1 aliphatic rings. The monoisotopic (exact) mass is 395 g/mol. The standard InChI is InChI=1S/C21H25N5O3/c1-14-20(15(2)26(23-14)16-6-5-7-17(12-16)28-4)19-13-29-11-10-25(19)21(27)18-8-9-22-24(18)3/h5-9,12,19H,10-11,13H2,1-4H3/t19-/m0/s1. The molecular formula is C21H25N5O3. The van der Waals surface area contributed by atoms with Gasteiger partial charge in [0.15, 0.2) is 0 Å². The Balaban J connectivity index is 1.73. The summed E-state index contributed by atoms with van der Waals surface area (Å²) >= 11 is 0. The Bertz CT molecular complexity index is 1040. The van der Waals surface area contributed by atoms with Gasteiger partial charge in [-0.3, -0.25) is 9.48 Å². The van der Waals surface area contributed by atoms with Gasteiger partial charge in [0.25, 0.3) is 5.91 Å². The average molecular weight is 395 g/mol. The summed E-state index contributed by atoms with van der Waals surface area (Å²) in [5.41, 5.74) is 4.35. The molecule has 1 saturated heterocycles. The smallest absolute Gasteiger partial charge is 0.272 e. The number of nitrogens with zero attached hydrogens (tertiary/aromatic N) is 5. The normalized spacial score (nSPS) is 16.8. The van der Waals surface area contributed by atoms with Gasteiger partial charge in [0.1, 0.15) is 11.4 Å². The largest absolute Gasteiger partial charge is 0.497 e. The van der Waals surface area contributed by atoms with E-state index in [1.165, 1.54) is 0 Å². The van der Waals surface area contributed by atoms with E-state index in [0.29, 0.717) is 25.5 Å². The van der Waals surface area contributed by atoms with Gasteiger partial charge in [0.05, 0.1) is 37.7 Å². The fourth-order valence-corrected chi connectivity index (χ4v) is 3.95. The van der Waals surface area contributed by atoms with Gasteiger partial charge in [-0.25, -0.2) is 4.68 Å². The molecule has 0 spiro atoms. The van der Waals surface area contributed by atoms with Crippen molar-refractivity contribution in [2.45, 2.75) is 19.9 Å². The highest BCUT2D eigenvalue weighted by atomic mass is 16.5. The molecule has 1 aliphatic heterocycles. The lowest BCUT2D eigenvalue weighted by molar-refractivity contribution is -0.00360. The maximum atomic E-state index is 13.2. The van der Waals surface area contributed by atoms with E-state index in [-0.39, 0.29) is 11.9 Å². The summed E-state index contributed by atoms with van der Waals surface area (Å²) in [4.78, 5) is 15.1. The lowest BCUT2D eigenvalue weighted by Crippen LogP contribution is -2.44. The number of morpholine rings is 1. The predicted molar refractivity (Wildman–Crippen MR) is 107 cm³/mol. The van der Waals surface area contributed by atoms with Crippen molar-refractivity contribution < 1.29 is 14.3 Å². The highest BCUT2D eigenvalue weighted by Gasteiger charge is 2.34. The second kappa shape index (κ2) is 7.71. The van der Waals surface area contributed by atoms with Crippen LogP contribution in [0.1, 0.15) is 33.5 Å². The third-order valence-electron chi connectivity index (χ3n) is 5.41. The molecule has 3 aromatic rings. The van der Waals surface area contributed by atoms with Crippen LogP contribution in [0.3, 0.4) is 0 Å². The molecule has 0 radical (unpaired) electrons. The van der Waals surface area contributed by atoms with Crippen LogP contribution in [0.25, 0.3) is 5.69 Å². The van der Waals surface area contributed by atoms with Crippen molar-refractivity contribution in [1.29, 1.82) is 0 Å². The fraction of sp³-hybridized carbons (Fsp3) is 0.381. The van der Waals surface area contributed by atoms with Crippen molar-refractivity contribution in [3.8, 4) is 11.4 Å². The zero-order valence-electron chi connectivity index (χ0n) is 17.1. The number of aryl methyl sites for hydroxylation is 2. The van der Waals surface area contributed by atoms with Crippen LogP contribution in [0.4, 0.5) is 0 Å². The summed E-state index contributed by atoms with van der Waals surface area (Å²) in [6.45, 7) is 5.48. The molecule has 1 atom stereocenters. The lowest BCUT2D eigenvalue weighted by Gasteiger charge is -2.36. The van der Waals surface area contributed by atoms with Crippen LogP contribution in [-0.4, -0.2) is 57.2 Å². The highest BCUT2D eigenvalue weighted by molar-refractivity contribution is 5.93. The molecule has 29 heavy (non-hydrogen) atoms. The molecule has 0 bridgehead atoms. The Labute approximate surface area is 169 Å². The summed E-state index contributed by atoms with van der Waals surface area (Å²) in [6, 6.07) is 9.31. The van der Waals surface area contributed by atoms with E-state index in [4.69, 9.17) is 14.6 Å². The highest BCUT2D eigenvalue weighted by Crippen LogP contribution is 2.32. The van der Waals surface area contributed by atoms with Crippen LogP contribution >= 0.6 is 0 Å². The van der Waals surface area contributed by atoms with E-state index in [9.17, 15) is 4.79 Å². The molecule has 8 nitrogen and oxygen atoms in total. The first kappa shape index (κ1) is 19.2. The average Bonchev–Trinajstić information content (AvgIpc) is 3.30. The number of carbonyl (C=O) groups excluding carboxylic acids is 1. The molecule has 1 aromatic carbocycles. The Kier molecular flexibility index (Phi) is 5.10. The summed E-state index contributed by atoms with van der Waals surface area (Å²) in [6.07, 6.45) is 1.64. The van der Waals surface area contributed by atoms with Crippen molar-refractivity contribution in [2.24, 2.45) is 7.05 Å². The second-order valence-electron chi connectivity index (χ2n) is 7.13. The minimum Gasteiger partial charge on any atom is -0.497 e. The first-order valence-corrected chi connectivity index (χ1v) is 9.58. The molecule has 1 amide bonds. The van der Waals surface area contributed by atoms with Crippen LogP contribution < -0.4 is 4.74 Å². The van der Waals surface area contributed by atoms with E-state index >= 15 is 0 Å². The van der Waals surface area contributed by atoms with Crippen LogP contribution in [0.5, 0.6) is 5.75 Å². The van der Waals surface area contributed by atoms with Gasteiger partial charge >= 0.3 is 0 Å². The summed E-state index contributed by atoms with van der Waals surface area (Å²) in [5.74, 6) is 0.719. The van der Waals surface area contributed by atoms with E-state index in [1.54, 1.807) is 31.1 Å². The molecule has 2 aromatic heterocycles. The molecule has 8 heteroatoms. The summed E-state index contributed by atoms with van der Waals surface area (Å²) in [7, 11) is 3.42. The van der Waals surface area contributed by atoms with E-state index in [0.717, 1.165) is 28.4 Å². The van der Waals surface area contributed by atoms with E-state index < -0.39 is 0 Å². The molecule has 0 saturated carbocycles. The van der Waals surface area contributed by atoms with Crippen molar-refractivity contribution in [3.05, 3.63) is 59.2 Å². The zero-order valence-corrected chi connectivity index (χ0v) is 17.1. The number of hydrogen-bond donors (Lipinski definition) is 0. The molecule has 1 fully saturated rings. The van der Waals surface area contributed by atoms with E-state index in [1.807, 2.05) is 47.7 Å².